The zero-order chi connectivity index (χ0) is 22.8. The molecule has 160 valence electrons. The summed E-state index contributed by atoms with van der Waals surface area (Å²) >= 11 is 0. The van der Waals surface area contributed by atoms with Gasteiger partial charge in [0.05, 0.1) is 11.3 Å². The maximum Gasteiger partial charge on any atom is 0.418 e. The molecule has 0 fully saturated rings. The molecule has 2 aromatic carbocycles. The fourth-order valence-electron chi connectivity index (χ4n) is 2.91. The molecule has 3 aromatic rings. The average Bonchev–Trinajstić information content (AvgIpc) is 2.71. The lowest BCUT2D eigenvalue weighted by Gasteiger charge is -2.16. The summed E-state index contributed by atoms with van der Waals surface area (Å²) in [5.74, 6) is -1.69. The number of alkyl halides is 3. The number of hydrazine groups is 1. The van der Waals surface area contributed by atoms with Gasteiger partial charge in [-0.05, 0) is 37.6 Å². The number of nitrogens with one attached hydrogen (secondary N) is 2. The highest BCUT2D eigenvalue weighted by molar-refractivity contribution is 5.99. The molecule has 1 aromatic heterocycles. The summed E-state index contributed by atoms with van der Waals surface area (Å²) in [6, 6.07) is 12.3. The first kappa shape index (κ1) is 21.8. The topological polar surface area (TPSA) is 93.1 Å². The SMILES string of the molecule is Cc1ccccc1C(=O)NNC(=O)c1nn(-c2ccccc2C(F)(F)F)c(C)cc1=O. The number of aryl methyl sites for hydroxylation is 2. The lowest BCUT2D eigenvalue weighted by Crippen LogP contribution is -2.44. The van der Waals surface area contributed by atoms with Crippen molar-refractivity contribution in [2.45, 2.75) is 20.0 Å². The molecule has 2 amide bonds. The number of benzene rings is 2. The minimum atomic E-state index is -4.67. The number of nitrogens with zero attached hydrogens (tertiary/aromatic N) is 2. The minimum Gasteiger partial charge on any atom is -0.287 e. The lowest BCUT2D eigenvalue weighted by atomic mass is 10.1. The van der Waals surface area contributed by atoms with E-state index in [1.807, 2.05) is 0 Å². The van der Waals surface area contributed by atoms with Crippen molar-refractivity contribution in [3.05, 3.63) is 92.9 Å². The van der Waals surface area contributed by atoms with Crippen LogP contribution in [0.1, 0.15) is 37.7 Å². The van der Waals surface area contributed by atoms with E-state index in [4.69, 9.17) is 0 Å². The van der Waals surface area contributed by atoms with Gasteiger partial charge in [-0.3, -0.25) is 25.2 Å². The van der Waals surface area contributed by atoms with Crippen LogP contribution in [-0.4, -0.2) is 21.6 Å². The Morgan fingerprint density at radius 2 is 1.55 bits per heavy atom. The molecular weight excluding hydrogens is 413 g/mol. The van der Waals surface area contributed by atoms with E-state index in [0.29, 0.717) is 11.1 Å². The molecule has 0 unspecified atom stereocenters. The summed E-state index contributed by atoms with van der Waals surface area (Å²) in [5.41, 5.74) is 2.50. The number of para-hydroxylation sites is 1. The van der Waals surface area contributed by atoms with Gasteiger partial charge in [0.2, 0.25) is 5.43 Å². The Morgan fingerprint density at radius 3 is 2.23 bits per heavy atom. The Morgan fingerprint density at radius 1 is 0.935 bits per heavy atom. The maximum atomic E-state index is 13.4. The smallest absolute Gasteiger partial charge is 0.287 e. The normalized spacial score (nSPS) is 11.1. The second-order valence-corrected chi connectivity index (χ2v) is 6.65. The number of carbonyl (C=O) groups excluding carboxylic acids is 2. The summed E-state index contributed by atoms with van der Waals surface area (Å²) in [6.45, 7) is 3.10. The van der Waals surface area contributed by atoms with Crippen LogP contribution in [0.5, 0.6) is 0 Å². The zero-order valence-electron chi connectivity index (χ0n) is 16.4. The highest BCUT2D eigenvalue weighted by Crippen LogP contribution is 2.33. The maximum absolute atomic E-state index is 13.4. The van der Waals surface area contributed by atoms with Gasteiger partial charge in [-0.1, -0.05) is 30.3 Å². The summed E-state index contributed by atoms with van der Waals surface area (Å²) in [5, 5.41) is 3.83. The van der Waals surface area contributed by atoms with Gasteiger partial charge in [0, 0.05) is 17.3 Å². The fraction of sp³-hybridized carbons (Fsp3) is 0.143. The van der Waals surface area contributed by atoms with E-state index in [-0.39, 0.29) is 11.4 Å². The van der Waals surface area contributed by atoms with Crippen molar-refractivity contribution in [1.29, 1.82) is 0 Å². The number of rotatable bonds is 3. The van der Waals surface area contributed by atoms with Crippen LogP contribution in [0.25, 0.3) is 5.69 Å². The number of halogens is 3. The highest BCUT2D eigenvalue weighted by Gasteiger charge is 2.34. The van der Waals surface area contributed by atoms with Crippen LogP contribution in [0, 0.1) is 13.8 Å². The summed E-state index contributed by atoms with van der Waals surface area (Å²) in [6.07, 6.45) is -4.67. The van der Waals surface area contributed by atoms with Crippen molar-refractivity contribution < 1.29 is 22.8 Å². The third-order valence-corrected chi connectivity index (χ3v) is 4.44. The lowest BCUT2D eigenvalue weighted by molar-refractivity contribution is -0.137. The van der Waals surface area contributed by atoms with E-state index < -0.39 is 34.7 Å². The molecule has 0 saturated heterocycles. The molecule has 3 rings (SSSR count). The van der Waals surface area contributed by atoms with Crippen LogP contribution >= 0.6 is 0 Å². The predicted octanol–water partition coefficient (Wildman–Crippen LogP) is 2.94. The van der Waals surface area contributed by atoms with Crippen LogP contribution in [0.3, 0.4) is 0 Å². The molecule has 0 spiro atoms. The summed E-state index contributed by atoms with van der Waals surface area (Å²) in [4.78, 5) is 36.9. The van der Waals surface area contributed by atoms with E-state index in [1.54, 1.807) is 31.2 Å². The van der Waals surface area contributed by atoms with Gasteiger partial charge in [0.1, 0.15) is 0 Å². The first-order valence-electron chi connectivity index (χ1n) is 9.03. The van der Waals surface area contributed by atoms with E-state index >= 15 is 0 Å². The second-order valence-electron chi connectivity index (χ2n) is 6.65. The summed E-state index contributed by atoms with van der Waals surface area (Å²) < 4.78 is 41.0. The Labute approximate surface area is 174 Å². The first-order chi connectivity index (χ1) is 14.6. The Balaban J connectivity index is 1.92. The molecule has 0 aliphatic rings. The largest absolute Gasteiger partial charge is 0.418 e. The van der Waals surface area contributed by atoms with Crippen LogP contribution in [0.15, 0.2) is 59.4 Å². The third-order valence-electron chi connectivity index (χ3n) is 4.44. The quantitative estimate of drug-likeness (QED) is 0.625. The Kier molecular flexibility index (Phi) is 5.91. The van der Waals surface area contributed by atoms with Gasteiger partial charge in [0.15, 0.2) is 5.69 Å². The van der Waals surface area contributed by atoms with E-state index in [0.717, 1.165) is 16.8 Å². The number of aromatic nitrogens is 2. The summed E-state index contributed by atoms with van der Waals surface area (Å²) in [7, 11) is 0. The molecule has 0 bridgehead atoms. The molecule has 1 heterocycles. The third kappa shape index (κ3) is 4.63. The minimum absolute atomic E-state index is 0.0993. The standard InChI is InChI=1S/C21H17F3N4O3/c1-12-7-3-4-8-14(12)19(30)25-26-20(31)18-17(29)11-13(2)28(27-18)16-10-6-5-9-15(16)21(22,23)24/h3-11H,1-2H3,(H,25,30)(H,26,31). The molecule has 0 radical (unpaired) electrons. The van der Waals surface area contributed by atoms with Gasteiger partial charge < -0.3 is 0 Å². The second kappa shape index (κ2) is 8.42. The van der Waals surface area contributed by atoms with Crippen LogP contribution in [0.2, 0.25) is 0 Å². The van der Waals surface area contributed by atoms with Crippen LogP contribution in [-0.2, 0) is 6.18 Å². The Bertz CT molecular complexity index is 1220. The van der Waals surface area contributed by atoms with E-state index in [1.165, 1.54) is 25.1 Å². The number of carbonyl (C=O) groups is 2. The molecule has 0 atom stereocenters. The van der Waals surface area contributed by atoms with Crippen molar-refractivity contribution in [1.82, 2.24) is 20.6 Å². The van der Waals surface area contributed by atoms with Crippen molar-refractivity contribution in [3.8, 4) is 5.69 Å². The monoisotopic (exact) mass is 430 g/mol. The average molecular weight is 430 g/mol. The van der Waals surface area contributed by atoms with Gasteiger partial charge in [-0.25, -0.2) is 4.68 Å². The molecule has 0 aliphatic carbocycles. The number of hydrogen-bond acceptors (Lipinski definition) is 4. The van der Waals surface area contributed by atoms with Gasteiger partial charge in [-0.2, -0.15) is 18.3 Å². The van der Waals surface area contributed by atoms with Gasteiger partial charge >= 0.3 is 6.18 Å². The Hall–Kier alpha value is -3.95. The van der Waals surface area contributed by atoms with Crippen molar-refractivity contribution in [3.63, 3.8) is 0 Å². The molecule has 7 nitrogen and oxygen atoms in total. The van der Waals surface area contributed by atoms with E-state index in [9.17, 15) is 27.6 Å². The number of hydrogen-bond donors (Lipinski definition) is 2. The van der Waals surface area contributed by atoms with Crippen LogP contribution in [0.4, 0.5) is 13.2 Å². The van der Waals surface area contributed by atoms with Gasteiger partial charge in [0.25, 0.3) is 11.8 Å². The van der Waals surface area contributed by atoms with Gasteiger partial charge in [-0.15, -0.1) is 0 Å². The highest BCUT2D eigenvalue weighted by atomic mass is 19.4. The fourth-order valence-corrected chi connectivity index (χ4v) is 2.91. The molecule has 10 heteroatoms. The molecular formula is C21H17F3N4O3. The predicted molar refractivity (Wildman–Crippen MR) is 106 cm³/mol. The molecule has 31 heavy (non-hydrogen) atoms. The van der Waals surface area contributed by atoms with Crippen LogP contribution < -0.4 is 16.3 Å². The van der Waals surface area contributed by atoms with Crippen molar-refractivity contribution >= 4 is 11.8 Å². The van der Waals surface area contributed by atoms with Crippen molar-refractivity contribution in [2.24, 2.45) is 0 Å². The zero-order valence-corrected chi connectivity index (χ0v) is 16.4. The van der Waals surface area contributed by atoms with E-state index in [2.05, 4.69) is 16.0 Å². The first-order valence-corrected chi connectivity index (χ1v) is 9.03. The molecule has 2 N–H and O–H groups in total. The number of amides is 2. The molecule has 0 saturated carbocycles. The molecule has 0 aliphatic heterocycles. The van der Waals surface area contributed by atoms with Crippen molar-refractivity contribution in [2.75, 3.05) is 0 Å².